The number of anilines is 1. The van der Waals surface area contributed by atoms with Crippen LogP contribution < -0.4 is 5.32 Å². The van der Waals surface area contributed by atoms with Gasteiger partial charge in [-0.1, -0.05) is 11.6 Å². The molecule has 23 heavy (non-hydrogen) atoms. The first-order valence-electron chi connectivity index (χ1n) is 6.65. The standard InChI is InChI=1S/C16H10ClN3O3/c17-11-3-6-14-13(9-11)15(7-8-18-14)19-16(21)10-1-4-12(5-2-10)20(22)23/h1-9H,(H,18,19,21). The van der Waals surface area contributed by atoms with E-state index in [9.17, 15) is 14.9 Å². The van der Waals surface area contributed by atoms with Gasteiger partial charge in [0.2, 0.25) is 0 Å². The van der Waals surface area contributed by atoms with E-state index in [2.05, 4.69) is 10.3 Å². The molecule has 3 rings (SSSR count). The van der Waals surface area contributed by atoms with Crippen LogP contribution in [0.3, 0.4) is 0 Å². The van der Waals surface area contributed by atoms with Crippen LogP contribution in [0, 0.1) is 10.1 Å². The van der Waals surface area contributed by atoms with Crippen molar-refractivity contribution >= 4 is 39.8 Å². The first kappa shape index (κ1) is 14.9. The van der Waals surface area contributed by atoms with Crippen LogP contribution in [-0.2, 0) is 0 Å². The van der Waals surface area contributed by atoms with E-state index in [1.165, 1.54) is 24.3 Å². The number of non-ortho nitro benzene ring substituents is 1. The van der Waals surface area contributed by atoms with Crippen molar-refractivity contribution in [2.75, 3.05) is 5.32 Å². The molecule has 0 atom stereocenters. The van der Waals surface area contributed by atoms with Crippen LogP contribution in [-0.4, -0.2) is 15.8 Å². The molecule has 3 aromatic rings. The molecule has 6 nitrogen and oxygen atoms in total. The fourth-order valence-corrected chi connectivity index (χ4v) is 2.33. The Bertz CT molecular complexity index is 910. The van der Waals surface area contributed by atoms with Crippen LogP contribution in [0.25, 0.3) is 10.9 Å². The van der Waals surface area contributed by atoms with Crippen LogP contribution in [0.15, 0.2) is 54.7 Å². The fourth-order valence-electron chi connectivity index (χ4n) is 2.16. The molecule has 1 aromatic heterocycles. The summed E-state index contributed by atoms with van der Waals surface area (Å²) < 4.78 is 0. The van der Waals surface area contributed by atoms with Gasteiger partial charge in [-0.2, -0.15) is 0 Å². The SMILES string of the molecule is O=C(Nc1ccnc2ccc(Cl)cc12)c1ccc([N+](=O)[O-])cc1. The Kier molecular flexibility index (Phi) is 3.91. The van der Waals surface area contributed by atoms with E-state index in [0.717, 1.165) is 5.39 Å². The number of nitrogens with one attached hydrogen (secondary N) is 1. The Hall–Kier alpha value is -2.99. The molecule has 0 aliphatic heterocycles. The number of amides is 1. The third kappa shape index (κ3) is 3.12. The van der Waals surface area contributed by atoms with Crippen molar-refractivity contribution in [2.24, 2.45) is 0 Å². The number of nitro benzene ring substituents is 1. The molecular weight excluding hydrogens is 318 g/mol. The number of halogens is 1. The van der Waals surface area contributed by atoms with Gasteiger partial charge >= 0.3 is 0 Å². The van der Waals surface area contributed by atoms with Gasteiger partial charge < -0.3 is 5.32 Å². The number of aromatic nitrogens is 1. The molecule has 0 saturated carbocycles. The smallest absolute Gasteiger partial charge is 0.269 e. The van der Waals surface area contributed by atoms with E-state index < -0.39 is 4.92 Å². The number of nitro groups is 1. The number of rotatable bonds is 3. The van der Waals surface area contributed by atoms with Crippen molar-refractivity contribution in [1.82, 2.24) is 4.98 Å². The lowest BCUT2D eigenvalue weighted by Crippen LogP contribution is -2.12. The van der Waals surface area contributed by atoms with Gasteiger partial charge in [-0.25, -0.2) is 0 Å². The summed E-state index contributed by atoms with van der Waals surface area (Å²) in [4.78, 5) is 26.6. The van der Waals surface area contributed by atoms with Crippen LogP contribution >= 0.6 is 11.6 Å². The number of carbonyl (C=O) groups is 1. The van der Waals surface area contributed by atoms with Crippen molar-refractivity contribution in [3.05, 3.63) is 75.4 Å². The molecule has 2 aromatic carbocycles. The summed E-state index contributed by atoms with van der Waals surface area (Å²) in [6.45, 7) is 0. The van der Waals surface area contributed by atoms with Gasteiger partial charge in [-0.3, -0.25) is 19.9 Å². The fraction of sp³-hybridized carbons (Fsp3) is 0. The summed E-state index contributed by atoms with van der Waals surface area (Å²) in [5.41, 5.74) is 1.53. The van der Waals surface area contributed by atoms with Crippen LogP contribution in [0.1, 0.15) is 10.4 Å². The highest BCUT2D eigenvalue weighted by atomic mass is 35.5. The summed E-state index contributed by atoms with van der Waals surface area (Å²) in [5, 5.41) is 14.7. The third-order valence-electron chi connectivity index (χ3n) is 3.29. The maximum atomic E-state index is 12.3. The van der Waals surface area contributed by atoms with Gasteiger partial charge in [0.1, 0.15) is 0 Å². The monoisotopic (exact) mass is 327 g/mol. The minimum absolute atomic E-state index is 0.0670. The number of hydrogen-bond donors (Lipinski definition) is 1. The van der Waals surface area contributed by atoms with Gasteiger partial charge in [0.15, 0.2) is 0 Å². The van der Waals surface area contributed by atoms with Crippen molar-refractivity contribution in [1.29, 1.82) is 0 Å². The summed E-state index contributed by atoms with van der Waals surface area (Å²) in [6, 6.07) is 12.3. The number of fused-ring (bicyclic) bond motifs is 1. The maximum absolute atomic E-state index is 12.3. The number of pyridine rings is 1. The minimum Gasteiger partial charge on any atom is -0.321 e. The number of nitrogens with zero attached hydrogens (tertiary/aromatic N) is 2. The normalized spacial score (nSPS) is 10.5. The summed E-state index contributed by atoms with van der Waals surface area (Å²) in [7, 11) is 0. The van der Waals surface area contributed by atoms with E-state index in [-0.39, 0.29) is 11.6 Å². The number of hydrogen-bond acceptors (Lipinski definition) is 4. The predicted octanol–water partition coefficient (Wildman–Crippen LogP) is 4.05. The van der Waals surface area contributed by atoms with Crippen molar-refractivity contribution in [3.63, 3.8) is 0 Å². The second-order valence-electron chi connectivity index (χ2n) is 4.78. The van der Waals surface area contributed by atoms with Crippen LogP contribution in [0.4, 0.5) is 11.4 Å². The highest BCUT2D eigenvalue weighted by molar-refractivity contribution is 6.31. The molecule has 0 aliphatic carbocycles. The van der Waals surface area contributed by atoms with Gasteiger partial charge in [-0.15, -0.1) is 0 Å². The third-order valence-corrected chi connectivity index (χ3v) is 3.53. The van der Waals surface area contributed by atoms with Crippen molar-refractivity contribution in [2.45, 2.75) is 0 Å². The lowest BCUT2D eigenvalue weighted by molar-refractivity contribution is -0.384. The van der Waals surface area contributed by atoms with Crippen LogP contribution in [0.5, 0.6) is 0 Å². The molecule has 0 aliphatic rings. The van der Waals surface area contributed by atoms with Gasteiger partial charge in [0.05, 0.1) is 16.1 Å². The van der Waals surface area contributed by atoms with E-state index >= 15 is 0 Å². The van der Waals surface area contributed by atoms with Gasteiger partial charge in [0.25, 0.3) is 11.6 Å². The second kappa shape index (κ2) is 6.02. The molecule has 1 amide bonds. The Morgan fingerprint density at radius 2 is 1.87 bits per heavy atom. The van der Waals surface area contributed by atoms with E-state index in [1.54, 1.807) is 30.5 Å². The van der Waals surface area contributed by atoms with Crippen LogP contribution in [0.2, 0.25) is 5.02 Å². The summed E-state index contributed by atoms with van der Waals surface area (Å²) in [5.74, 6) is -0.368. The predicted molar refractivity (Wildman–Crippen MR) is 87.8 cm³/mol. The van der Waals surface area contributed by atoms with E-state index in [1.807, 2.05) is 0 Å². The van der Waals surface area contributed by atoms with Gasteiger partial charge in [-0.05, 0) is 36.4 Å². The van der Waals surface area contributed by atoms with Crippen molar-refractivity contribution in [3.8, 4) is 0 Å². The first-order chi connectivity index (χ1) is 11.0. The zero-order valence-electron chi connectivity index (χ0n) is 11.7. The minimum atomic E-state index is -0.514. The largest absolute Gasteiger partial charge is 0.321 e. The van der Waals surface area contributed by atoms with Gasteiger partial charge in [0, 0.05) is 34.3 Å². The molecule has 0 bridgehead atoms. The Morgan fingerprint density at radius 3 is 2.57 bits per heavy atom. The first-order valence-corrected chi connectivity index (χ1v) is 7.02. The molecule has 0 radical (unpaired) electrons. The molecular formula is C16H10ClN3O3. The summed E-state index contributed by atoms with van der Waals surface area (Å²) >= 11 is 5.99. The number of carbonyl (C=O) groups excluding carboxylic acids is 1. The topological polar surface area (TPSA) is 85.1 Å². The van der Waals surface area contributed by atoms with Crippen molar-refractivity contribution < 1.29 is 9.72 Å². The highest BCUT2D eigenvalue weighted by Crippen LogP contribution is 2.25. The maximum Gasteiger partial charge on any atom is 0.269 e. The lowest BCUT2D eigenvalue weighted by atomic mass is 10.1. The molecule has 0 saturated heterocycles. The highest BCUT2D eigenvalue weighted by Gasteiger charge is 2.11. The quantitative estimate of drug-likeness (QED) is 0.581. The number of benzene rings is 2. The molecule has 1 N–H and O–H groups in total. The molecule has 0 fully saturated rings. The second-order valence-corrected chi connectivity index (χ2v) is 5.21. The zero-order chi connectivity index (χ0) is 16.4. The molecule has 0 unspecified atom stereocenters. The average molecular weight is 328 g/mol. The Morgan fingerprint density at radius 1 is 1.13 bits per heavy atom. The van der Waals surface area contributed by atoms with E-state index in [4.69, 9.17) is 11.6 Å². The van der Waals surface area contributed by atoms with E-state index in [0.29, 0.717) is 21.8 Å². The molecule has 7 heteroatoms. The summed E-state index contributed by atoms with van der Waals surface area (Å²) in [6.07, 6.45) is 1.59. The molecule has 0 spiro atoms. The lowest BCUT2D eigenvalue weighted by Gasteiger charge is -2.08. The average Bonchev–Trinajstić information content (AvgIpc) is 2.55. The Balaban J connectivity index is 1.91. The zero-order valence-corrected chi connectivity index (χ0v) is 12.4. The molecule has 114 valence electrons. The Labute approximate surface area is 135 Å². The molecule has 1 heterocycles.